The highest BCUT2D eigenvalue weighted by atomic mass is 16.6. The number of nitro groups is 1. The molecule has 2 atom stereocenters. The molecule has 1 aliphatic rings. The smallest absolute Gasteiger partial charge is 0.327 e. The number of cyclic esters (lactones) is 1. The first-order chi connectivity index (χ1) is 6.26. The third-order valence-electron chi connectivity index (χ3n) is 3.08. The van der Waals surface area contributed by atoms with Gasteiger partial charge in [-0.2, -0.15) is 0 Å². The highest BCUT2D eigenvalue weighted by molar-refractivity contribution is 6.04. The lowest BCUT2D eigenvalue weighted by molar-refractivity contribution is -0.574. The van der Waals surface area contributed by atoms with Crippen LogP contribution in [0.4, 0.5) is 0 Å². The molecule has 1 rings (SSSR count). The van der Waals surface area contributed by atoms with Crippen molar-refractivity contribution in [2.45, 2.75) is 26.3 Å². The Labute approximate surface area is 80.4 Å². The van der Waals surface area contributed by atoms with Crippen LogP contribution in [0.25, 0.3) is 0 Å². The van der Waals surface area contributed by atoms with Gasteiger partial charge in [0.2, 0.25) is 0 Å². The highest BCUT2D eigenvalue weighted by Gasteiger charge is 2.69. The van der Waals surface area contributed by atoms with Crippen LogP contribution < -0.4 is 0 Å². The molecule has 1 heterocycles. The molecular weight excluding hydrogens is 190 g/mol. The summed E-state index contributed by atoms with van der Waals surface area (Å²) >= 11 is 0. The fourth-order valence-corrected chi connectivity index (χ4v) is 1.47. The molecule has 0 radical (unpaired) electrons. The Balaban J connectivity index is 3.30. The molecule has 0 aromatic rings. The lowest BCUT2D eigenvalue weighted by atomic mass is 9.72. The van der Waals surface area contributed by atoms with Gasteiger partial charge < -0.3 is 4.74 Å². The van der Waals surface area contributed by atoms with E-state index in [1.807, 2.05) is 0 Å². The predicted octanol–water partition coefficient (Wildman–Crippen LogP) is 0.174. The van der Waals surface area contributed by atoms with Gasteiger partial charge in [0.25, 0.3) is 5.54 Å². The van der Waals surface area contributed by atoms with E-state index in [2.05, 4.69) is 4.74 Å². The number of rotatable bonds is 2. The van der Waals surface area contributed by atoms with Crippen molar-refractivity contribution < 1.29 is 19.2 Å². The van der Waals surface area contributed by atoms with Crippen molar-refractivity contribution in [2.24, 2.45) is 5.41 Å². The van der Waals surface area contributed by atoms with Gasteiger partial charge in [0.15, 0.2) is 17.8 Å². The summed E-state index contributed by atoms with van der Waals surface area (Å²) in [5, 5.41) is 10.8. The Hall–Kier alpha value is -1.46. The van der Waals surface area contributed by atoms with Crippen molar-refractivity contribution in [3.05, 3.63) is 10.1 Å². The number of Topliss-reactive ketones (excluding diaryl/α,β-unsaturated/α-hetero) is 1. The summed E-state index contributed by atoms with van der Waals surface area (Å²) in [5.41, 5.74) is -3.33. The van der Waals surface area contributed by atoms with E-state index >= 15 is 0 Å². The average Bonchev–Trinajstić information content (AvgIpc) is 2.32. The van der Waals surface area contributed by atoms with E-state index in [4.69, 9.17) is 0 Å². The van der Waals surface area contributed by atoms with Gasteiger partial charge in [-0.05, 0) is 13.8 Å². The van der Waals surface area contributed by atoms with Gasteiger partial charge >= 0.3 is 5.97 Å². The van der Waals surface area contributed by atoms with Crippen LogP contribution in [0.5, 0.6) is 0 Å². The molecule has 1 saturated heterocycles. The predicted molar refractivity (Wildman–Crippen MR) is 45.1 cm³/mol. The summed E-state index contributed by atoms with van der Waals surface area (Å²) in [6.07, 6.45) is 0. The first-order valence-electron chi connectivity index (χ1n) is 4.09. The largest absolute Gasteiger partial charge is 0.457 e. The van der Waals surface area contributed by atoms with E-state index in [1.165, 1.54) is 13.8 Å². The minimum Gasteiger partial charge on any atom is -0.457 e. The fraction of sp³-hybridized carbons (Fsp3) is 0.750. The van der Waals surface area contributed by atoms with Gasteiger partial charge in [-0.1, -0.05) is 0 Å². The Kier molecular flexibility index (Phi) is 2.10. The third kappa shape index (κ3) is 0.964. The average molecular weight is 201 g/mol. The van der Waals surface area contributed by atoms with E-state index in [9.17, 15) is 19.7 Å². The van der Waals surface area contributed by atoms with Gasteiger partial charge in [-0.25, -0.2) is 0 Å². The lowest BCUT2D eigenvalue weighted by Gasteiger charge is -2.25. The van der Waals surface area contributed by atoms with Crippen molar-refractivity contribution >= 4 is 11.8 Å². The van der Waals surface area contributed by atoms with E-state index in [0.29, 0.717) is 0 Å². The molecule has 0 N–H and O–H groups in total. The van der Waals surface area contributed by atoms with Crippen LogP contribution in [-0.4, -0.2) is 28.8 Å². The van der Waals surface area contributed by atoms with Crippen LogP contribution in [0, 0.1) is 15.5 Å². The number of esters is 1. The van der Waals surface area contributed by atoms with Crippen molar-refractivity contribution in [3.63, 3.8) is 0 Å². The quantitative estimate of drug-likeness (QED) is 0.275. The number of nitrogens with zero attached hydrogens (tertiary/aromatic N) is 1. The number of ketones is 1. The second kappa shape index (κ2) is 2.76. The normalized spacial score (nSPS) is 36.6. The molecule has 0 aromatic heterocycles. The van der Waals surface area contributed by atoms with Crippen molar-refractivity contribution in [3.8, 4) is 0 Å². The zero-order valence-electron chi connectivity index (χ0n) is 8.20. The number of carbonyl (C=O) groups is 2. The maximum atomic E-state index is 11.3. The number of carbonyl (C=O) groups excluding carboxylic acids is 2. The Morgan fingerprint density at radius 3 is 2.36 bits per heavy atom. The minimum atomic E-state index is -1.67. The van der Waals surface area contributed by atoms with Gasteiger partial charge in [-0.15, -0.1) is 0 Å². The zero-order valence-corrected chi connectivity index (χ0v) is 8.20. The van der Waals surface area contributed by atoms with E-state index < -0.39 is 27.6 Å². The van der Waals surface area contributed by atoms with Crippen LogP contribution in [0.15, 0.2) is 0 Å². The summed E-state index contributed by atoms with van der Waals surface area (Å²) in [7, 11) is 0. The Morgan fingerprint density at radius 2 is 2.07 bits per heavy atom. The third-order valence-corrected chi connectivity index (χ3v) is 3.08. The second-order valence-corrected chi connectivity index (χ2v) is 3.79. The molecule has 6 heteroatoms. The highest BCUT2D eigenvalue weighted by Crippen LogP contribution is 2.41. The molecule has 6 nitrogen and oxygen atoms in total. The molecule has 0 amide bonds. The maximum Gasteiger partial charge on any atom is 0.327 e. The van der Waals surface area contributed by atoms with Crippen molar-refractivity contribution in [1.82, 2.24) is 0 Å². The molecule has 14 heavy (non-hydrogen) atoms. The van der Waals surface area contributed by atoms with Gasteiger partial charge in [0.1, 0.15) is 0 Å². The fourth-order valence-electron chi connectivity index (χ4n) is 1.47. The SMILES string of the molecule is CC(=O)[C@@]1(C)C(=O)OC[C@@]1(C)[N+](=O)[O-]. The van der Waals surface area contributed by atoms with Crippen LogP contribution in [0.2, 0.25) is 0 Å². The molecule has 0 spiro atoms. The first kappa shape index (κ1) is 10.6. The second-order valence-electron chi connectivity index (χ2n) is 3.79. The molecule has 1 aliphatic heterocycles. The number of hydrogen-bond donors (Lipinski definition) is 0. The lowest BCUT2D eigenvalue weighted by Crippen LogP contribution is -2.54. The van der Waals surface area contributed by atoms with Gasteiger partial charge in [0.05, 0.1) is 0 Å². The topological polar surface area (TPSA) is 86.5 Å². The monoisotopic (exact) mass is 201 g/mol. The number of hydrogen-bond acceptors (Lipinski definition) is 5. The number of ether oxygens (including phenoxy) is 1. The molecule has 0 saturated carbocycles. The van der Waals surface area contributed by atoms with Gasteiger partial charge in [0, 0.05) is 11.8 Å². The molecule has 0 bridgehead atoms. The Bertz CT molecular complexity index is 326. The maximum absolute atomic E-state index is 11.3. The Morgan fingerprint density at radius 1 is 1.57 bits per heavy atom. The zero-order chi connectivity index (χ0) is 11.1. The summed E-state index contributed by atoms with van der Waals surface area (Å²) < 4.78 is 4.61. The van der Waals surface area contributed by atoms with E-state index in [1.54, 1.807) is 0 Å². The van der Waals surface area contributed by atoms with Gasteiger partial charge in [-0.3, -0.25) is 19.7 Å². The molecule has 0 aliphatic carbocycles. The van der Waals surface area contributed by atoms with Crippen LogP contribution in [-0.2, 0) is 14.3 Å². The standard InChI is InChI=1S/C8H11NO5/c1-5(10)8(3)6(11)14-4-7(8,2)9(12)13/h4H2,1-3H3/t7-,8+/m1/s1. The van der Waals surface area contributed by atoms with Crippen molar-refractivity contribution in [2.75, 3.05) is 6.61 Å². The van der Waals surface area contributed by atoms with Crippen LogP contribution in [0.3, 0.4) is 0 Å². The summed E-state index contributed by atoms with van der Waals surface area (Å²) in [5.74, 6) is -1.36. The summed E-state index contributed by atoms with van der Waals surface area (Å²) in [6, 6.07) is 0. The molecule has 0 aromatic carbocycles. The van der Waals surface area contributed by atoms with Crippen molar-refractivity contribution in [1.29, 1.82) is 0 Å². The van der Waals surface area contributed by atoms with E-state index in [-0.39, 0.29) is 6.61 Å². The summed E-state index contributed by atoms with van der Waals surface area (Å²) in [4.78, 5) is 32.8. The van der Waals surface area contributed by atoms with E-state index in [0.717, 1.165) is 6.92 Å². The molecule has 0 unspecified atom stereocenters. The van der Waals surface area contributed by atoms with Crippen LogP contribution >= 0.6 is 0 Å². The molecular formula is C8H11NO5. The molecule has 1 fully saturated rings. The summed E-state index contributed by atoms with van der Waals surface area (Å²) in [6.45, 7) is 3.32. The molecule has 78 valence electrons. The minimum absolute atomic E-state index is 0.352. The first-order valence-corrected chi connectivity index (χ1v) is 4.09. The van der Waals surface area contributed by atoms with Crippen LogP contribution in [0.1, 0.15) is 20.8 Å².